The first-order valence-corrected chi connectivity index (χ1v) is 3.14. The quantitative estimate of drug-likeness (QED) is 0.355. The molecule has 0 aromatic heterocycles. The number of carboxylic acids is 1. The van der Waals surface area contributed by atoms with Gasteiger partial charge in [-0.1, -0.05) is 0 Å². The molecule has 1 rings (SSSR count). The summed E-state index contributed by atoms with van der Waals surface area (Å²) >= 11 is 0. The van der Waals surface area contributed by atoms with Gasteiger partial charge in [-0.2, -0.15) is 0 Å². The molecule has 1 aromatic rings. The molecule has 0 spiro atoms. The number of anilines is 2. The van der Waals surface area contributed by atoms with Crippen LogP contribution in [0.5, 0.6) is 5.75 Å². The molecule has 0 saturated carbocycles. The maximum Gasteiger partial charge on any atom is 0.339 e. The summed E-state index contributed by atoms with van der Waals surface area (Å²) in [6, 6.07) is 2.53. The normalized spacial score (nSPS) is 9.67. The summed E-state index contributed by atoms with van der Waals surface area (Å²) in [4.78, 5) is 10.4. The lowest BCUT2D eigenvalue weighted by molar-refractivity contribution is 0.0694. The summed E-state index contributed by atoms with van der Waals surface area (Å²) in [5.74, 6) is -1.72. The molecule has 0 heterocycles. The molecule has 1 aromatic carbocycles. The summed E-state index contributed by atoms with van der Waals surface area (Å²) in [5, 5.41) is 17.7. The molecule has 5 heteroatoms. The maximum atomic E-state index is 10.4. The van der Waals surface area contributed by atoms with E-state index in [0.717, 1.165) is 0 Å². The largest absolute Gasteiger partial charge is 0.505 e. The number of carboxylic acid groups (broad SMARTS) is 1. The minimum atomic E-state index is -1.24. The zero-order valence-electron chi connectivity index (χ0n) is 6.11. The molecule has 0 aliphatic rings. The van der Waals surface area contributed by atoms with Crippen LogP contribution in [0, 0.1) is 0 Å². The van der Waals surface area contributed by atoms with Crippen molar-refractivity contribution >= 4 is 17.3 Å². The van der Waals surface area contributed by atoms with E-state index >= 15 is 0 Å². The van der Waals surface area contributed by atoms with E-state index in [1.807, 2.05) is 0 Å². The van der Waals surface area contributed by atoms with Gasteiger partial charge in [-0.25, -0.2) is 4.79 Å². The van der Waals surface area contributed by atoms with E-state index in [4.69, 9.17) is 21.7 Å². The van der Waals surface area contributed by atoms with Gasteiger partial charge in [-0.3, -0.25) is 0 Å². The van der Waals surface area contributed by atoms with Crippen LogP contribution in [0.1, 0.15) is 10.4 Å². The van der Waals surface area contributed by atoms with Gasteiger partial charge in [0.25, 0.3) is 0 Å². The first-order valence-electron chi connectivity index (χ1n) is 3.14. The SMILES string of the molecule is Nc1ccc(C(=O)O)c(O)c1N. The van der Waals surface area contributed by atoms with Gasteiger partial charge in [0.1, 0.15) is 5.56 Å². The molecule has 0 radical (unpaired) electrons. The monoisotopic (exact) mass is 168 g/mol. The van der Waals surface area contributed by atoms with E-state index in [1.165, 1.54) is 12.1 Å². The van der Waals surface area contributed by atoms with Crippen LogP contribution in [0.4, 0.5) is 11.4 Å². The highest BCUT2D eigenvalue weighted by molar-refractivity contribution is 5.94. The van der Waals surface area contributed by atoms with Gasteiger partial charge in [-0.15, -0.1) is 0 Å². The Balaban J connectivity index is 3.36. The second-order valence-corrected chi connectivity index (χ2v) is 2.27. The van der Waals surface area contributed by atoms with Crippen LogP contribution in [0.3, 0.4) is 0 Å². The summed E-state index contributed by atoms with van der Waals surface area (Å²) in [6.45, 7) is 0. The lowest BCUT2D eigenvalue weighted by Crippen LogP contribution is -2.01. The van der Waals surface area contributed by atoms with E-state index in [-0.39, 0.29) is 16.9 Å². The molecule has 5 nitrogen and oxygen atoms in total. The van der Waals surface area contributed by atoms with Gasteiger partial charge in [0.05, 0.1) is 11.4 Å². The Kier molecular flexibility index (Phi) is 1.78. The first kappa shape index (κ1) is 8.19. The van der Waals surface area contributed by atoms with Crippen LogP contribution in [0.15, 0.2) is 12.1 Å². The molecular weight excluding hydrogens is 160 g/mol. The Labute approximate surface area is 68.2 Å². The summed E-state index contributed by atoms with van der Waals surface area (Å²) < 4.78 is 0. The average molecular weight is 168 g/mol. The van der Waals surface area contributed by atoms with Gasteiger partial charge in [-0.05, 0) is 12.1 Å². The molecule has 0 bridgehead atoms. The van der Waals surface area contributed by atoms with Crippen LogP contribution >= 0.6 is 0 Å². The second kappa shape index (κ2) is 2.61. The van der Waals surface area contributed by atoms with E-state index in [2.05, 4.69) is 0 Å². The third kappa shape index (κ3) is 1.12. The molecule has 0 saturated heterocycles. The number of phenols is 1. The number of aromatic carboxylic acids is 1. The Morgan fingerprint density at radius 1 is 1.33 bits per heavy atom. The highest BCUT2D eigenvalue weighted by Gasteiger charge is 2.12. The molecule has 0 atom stereocenters. The Morgan fingerprint density at radius 3 is 2.42 bits per heavy atom. The minimum absolute atomic E-state index is 0.102. The minimum Gasteiger partial charge on any atom is -0.505 e. The summed E-state index contributed by atoms with van der Waals surface area (Å²) in [5.41, 5.74) is 10.4. The molecule has 0 unspecified atom stereocenters. The van der Waals surface area contributed by atoms with Crippen molar-refractivity contribution in [1.82, 2.24) is 0 Å². The fraction of sp³-hybridized carbons (Fsp3) is 0. The van der Waals surface area contributed by atoms with Crippen LogP contribution in [0.25, 0.3) is 0 Å². The van der Waals surface area contributed by atoms with Crippen molar-refractivity contribution in [3.8, 4) is 5.75 Å². The van der Waals surface area contributed by atoms with E-state index in [1.54, 1.807) is 0 Å². The number of carbonyl (C=O) groups is 1. The molecular formula is C7H8N2O3. The Morgan fingerprint density at radius 2 is 1.92 bits per heavy atom. The van der Waals surface area contributed by atoms with Crippen molar-refractivity contribution in [2.45, 2.75) is 0 Å². The highest BCUT2D eigenvalue weighted by Crippen LogP contribution is 2.29. The van der Waals surface area contributed by atoms with Gasteiger partial charge in [0.2, 0.25) is 0 Å². The van der Waals surface area contributed by atoms with E-state index < -0.39 is 11.7 Å². The van der Waals surface area contributed by atoms with Gasteiger partial charge in [0, 0.05) is 0 Å². The number of nitrogen functional groups attached to an aromatic ring is 2. The lowest BCUT2D eigenvalue weighted by atomic mass is 10.1. The predicted molar refractivity (Wildman–Crippen MR) is 43.9 cm³/mol. The highest BCUT2D eigenvalue weighted by atomic mass is 16.4. The van der Waals surface area contributed by atoms with Gasteiger partial charge < -0.3 is 21.7 Å². The zero-order valence-corrected chi connectivity index (χ0v) is 6.11. The van der Waals surface area contributed by atoms with Gasteiger partial charge >= 0.3 is 5.97 Å². The van der Waals surface area contributed by atoms with Crippen molar-refractivity contribution in [3.05, 3.63) is 17.7 Å². The van der Waals surface area contributed by atoms with Gasteiger partial charge in [0.15, 0.2) is 5.75 Å². The number of hydrogen-bond acceptors (Lipinski definition) is 4. The lowest BCUT2D eigenvalue weighted by Gasteiger charge is -2.04. The molecule has 12 heavy (non-hydrogen) atoms. The number of benzene rings is 1. The third-order valence-corrected chi connectivity index (χ3v) is 1.48. The molecule has 0 amide bonds. The number of nitrogens with two attached hydrogens (primary N) is 2. The number of rotatable bonds is 1. The first-order chi connectivity index (χ1) is 5.54. The van der Waals surface area contributed by atoms with Crippen LogP contribution in [-0.2, 0) is 0 Å². The summed E-state index contributed by atoms with van der Waals surface area (Å²) in [6.07, 6.45) is 0. The van der Waals surface area contributed by atoms with E-state index in [9.17, 15) is 4.79 Å². The van der Waals surface area contributed by atoms with Crippen molar-refractivity contribution in [2.75, 3.05) is 11.5 Å². The zero-order chi connectivity index (χ0) is 9.30. The molecule has 0 fully saturated rings. The molecule has 6 N–H and O–H groups in total. The average Bonchev–Trinajstić information content (AvgIpc) is 2.00. The topological polar surface area (TPSA) is 110 Å². The van der Waals surface area contributed by atoms with Crippen molar-refractivity contribution in [2.24, 2.45) is 0 Å². The fourth-order valence-corrected chi connectivity index (χ4v) is 0.796. The van der Waals surface area contributed by atoms with Crippen molar-refractivity contribution < 1.29 is 15.0 Å². The Bertz CT molecular complexity index is 336. The fourth-order valence-electron chi connectivity index (χ4n) is 0.796. The molecule has 64 valence electrons. The van der Waals surface area contributed by atoms with Crippen LogP contribution in [0.2, 0.25) is 0 Å². The second-order valence-electron chi connectivity index (χ2n) is 2.27. The third-order valence-electron chi connectivity index (χ3n) is 1.48. The van der Waals surface area contributed by atoms with Crippen LogP contribution in [-0.4, -0.2) is 16.2 Å². The standard InChI is InChI=1S/C7H8N2O3/c8-4-2-1-3(7(11)12)6(10)5(4)9/h1-2,10H,8-9H2,(H,11,12). The number of hydrogen-bond donors (Lipinski definition) is 4. The van der Waals surface area contributed by atoms with Crippen LogP contribution < -0.4 is 11.5 Å². The Hall–Kier alpha value is -1.91. The maximum absolute atomic E-state index is 10.4. The van der Waals surface area contributed by atoms with Crippen molar-refractivity contribution in [3.63, 3.8) is 0 Å². The molecule has 0 aliphatic carbocycles. The van der Waals surface area contributed by atoms with E-state index in [0.29, 0.717) is 0 Å². The molecule has 0 aliphatic heterocycles. The number of aromatic hydroxyl groups is 1. The predicted octanol–water partition coefficient (Wildman–Crippen LogP) is 0.255. The smallest absolute Gasteiger partial charge is 0.339 e. The van der Waals surface area contributed by atoms with Crippen molar-refractivity contribution in [1.29, 1.82) is 0 Å². The summed E-state index contributed by atoms with van der Waals surface area (Å²) in [7, 11) is 0.